The fraction of sp³-hybridized carbons (Fsp3) is 0.692. The van der Waals surface area contributed by atoms with Crippen molar-refractivity contribution in [2.75, 3.05) is 5.73 Å². The Morgan fingerprint density at radius 1 is 1.24 bits per heavy atom. The number of nitrogens with zero attached hydrogens (tertiary/aromatic N) is 2. The molecule has 0 bridgehead atoms. The van der Waals surface area contributed by atoms with E-state index in [1.807, 2.05) is 0 Å². The summed E-state index contributed by atoms with van der Waals surface area (Å²) in [6, 6.07) is 0. The van der Waals surface area contributed by atoms with Gasteiger partial charge in [0, 0.05) is 0 Å². The summed E-state index contributed by atoms with van der Waals surface area (Å²) < 4.78 is 5.70. The van der Waals surface area contributed by atoms with Crippen LogP contribution in [0.3, 0.4) is 0 Å². The Morgan fingerprint density at radius 3 is 2.71 bits per heavy atom. The number of hydrogen-bond acceptors (Lipinski definition) is 4. The van der Waals surface area contributed by atoms with Crippen molar-refractivity contribution in [2.24, 2.45) is 0 Å². The van der Waals surface area contributed by atoms with Crippen molar-refractivity contribution in [2.45, 2.75) is 58.7 Å². The van der Waals surface area contributed by atoms with Crippen LogP contribution in [0.15, 0.2) is 12.4 Å². The van der Waals surface area contributed by atoms with Crippen LogP contribution in [-0.4, -0.2) is 16.1 Å². The molecule has 1 unspecified atom stereocenters. The van der Waals surface area contributed by atoms with E-state index in [0.717, 1.165) is 12.1 Å². The summed E-state index contributed by atoms with van der Waals surface area (Å²) in [5.41, 5.74) is 6.30. The molecule has 1 aromatic rings. The number of nitrogens with two attached hydrogens (primary N) is 1. The smallest absolute Gasteiger partial charge is 0.141 e. The second-order valence-corrected chi connectivity index (χ2v) is 4.40. The Kier molecular flexibility index (Phi) is 6.55. The molecule has 0 aromatic carbocycles. The summed E-state index contributed by atoms with van der Waals surface area (Å²) in [6.07, 6.45) is 9.75. The molecule has 0 amide bonds. The summed E-state index contributed by atoms with van der Waals surface area (Å²) in [4.78, 5) is 8.13. The van der Waals surface area contributed by atoms with E-state index in [2.05, 4.69) is 23.8 Å². The highest BCUT2D eigenvalue weighted by atomic mass is 16.5. The summed E-state index contributed by atoms with van der Waals surface area (Å²) in [5, 5.41) is 0. The second kappa shape index (κ2) is 8.01. The number of nitrogen functional groups attached to an aromatic ring is 1. The average molecular weight is 237 g/mol. The van der Waals surface area contributed by atoms with Gasteiger partial charge in [-0.05, 0) is 13.3 Å². The number of unbranched alkanes of at least 4 members (excludes halogenated alkanes) is 3. The number of hydrogen-bond donors (Lipinski definition) is 1. The van der Waals surface area contributed by atoms with Crippen LogP contribution in [0.1, 0.15) is 51.6 Å². The molecular weight excluding hydrogens is 214 g/mol. The van der Waals surface area contributed by atoms with Gasteiger partial charge in [0.25, 0.3) is 0 Å². The molecule has 0 radical (unpaired) electrons. The fourth-order valence-electron chi connectivity index (χ4n) is 1.61. The van der Waals surface area contributed by atoms with Crippen LogP contribution in [0.5, 0.6) is 0 Å². The molecule has 1 aromatic heterocycles. The lowest BCUT2D eigenvalue weighted by molar-refractivity contribution is 0.0438. The van der Waals surface area contributed by atoms with Gasteiger partial charge in [-0.3, -0.25) is 4.98 Å². The zero-order valence-electron chi connectivity index (χ0n) is 10.9. The molecule has 0 aliphatic rings. The van der Waals surface area contributed by atoms with Crippen molar-refractivity contribution in [1.29, 1.82) is 0 Å². The van der Waals surface area contributed by atoms with Gasteiger partial charge in [-0.2, -0.15) is 0 Å². The molecule has 1 heterocycles. The third-order valence-electron chi connectivity index (χ3n) is 2.71. The molecular formula is C13H23N3O. The maximum atomic E-state index is 5.70. The molecule has 0 saturated heterocycles. The summed E-state index contributed by atoms with van der Waals surface area (Å²) in [7, 11) is 0. The van der Waals surface area contributed by atoms with E-state index in [9.17, 15) is 0 Å². The molecule has 0 aliphatic heterocycles. The highest BCUT2D eigenvalue weighted by Gasteiger charge is 2.03. The van der Waals surface area contributed by atoms with E-state index in [4.69, 9.17) is 10.5 Å². The molecule has 4 heteroatoms. The minimum absolute atomic E-state index is 0.284. The monoisotopic (exact) mass is 237 g/mol. The number of aromatic nitrogens is 2. The maximum Gasteiger partial charge on any atom is 0.141 e. The van der Waals surface area contributed by atoms with Crippen molar-refractivity contribution in [1.82, 2.24) is 9.97 Å². The molecule has 1 atom stereocenters. The Hall–Kier alpha value is -1.16. The molecule has 0 spiro atoms. The van der Waals surface area contributed by atoms with Crippen LogP contribution in [0.4, 0.5) is 5.82 Å². The van der Waals surface area contributed by atoms with E-state index < -0.39 is 0 Å². The first-order chi connectivity index (χ1) is 8.22. The molecule has 2 N–H and O–H groups in total. The number of ether oxygens (including phenoxy) is 1. The van der Waals surface area contributed by atoms with Gasteiger partial charge >= 0.3 is 0 Å². The Balaban J connectivity index is 2.14. The lowest BCUT2D eigenvalue weighted by atomic mass is 10.1. The molecule has 96 valence electrons. The van der Waals surface area contributed by atoms with Gasteiger partial charge in [0.05, 0.1) is 30.8 Å². The molecule has 4 nitrogen and oxygen atoms in total. The van der Waals surface area contributed by atoms with Gasteiger partial charge in [-0.15, -0.1) is 0 Å². The van der Waals surface area contributed by atoms with Gasteiger partial charge in [0.1, 0.15) is 5.82 Å². The largest absolute Gasteiger partial charge is 0.382 e. The second-order valence-electron chi connectivity index (χ2n) is 4.40. The molecule has 17 heavy (non-hydrogen) atoms. The highest BCUT2D eigenvalue weighted by Crippen LogP contribution is 2.09. The minimum atomic E-state index is 0.284. The van der Waals surface area contributed by atoms with Gasteiger partial charge in [-0.25, -0.2) is 4.98 Å². The number of rotatable bonds is 8. The number of anilines is 1. The summed E-state index contributed by atoms with van der Waals surface area (Å²) in [5.74, 6) is 0.446. The van der Waals surface area contributed by atoms with Crippen molar-refractivity contribution in [3.63, 3.8) is 0 Å². The van der Waals surface area contributed by atoms with Crippen LogP contribution in [0, 0.1) is 0 Å². The van der Waals surface area contributed by atoms with Crippen molar-refractivity contribution in [3.05, 3.63) is 18.1 Å². The standard InChI is InChI=1S/C13H23N3O/c1-3-4-5-6-7-11(2)17-10-12-8-16-13(14)9-15-12/h8-9,11H,3-7,10H2,1-2H3,(H2,14,16). The normalized spacial score (nSPS) is 12.6. The van der Waals surface area contributed by atoms with E-state index in [1.165, 1.54) is 25.7 Å². The molecule has 1 rings (SSSR count). The zero-order chi connectivity index (χ0) is 12.5. The van der Waals surface area contributed by atoms with Crippen LogP contribution in [-0.2, 0) is 11.3 Å². The van der Waals surface area contributed by atoms with E-state index in [0.29, 0.717) is 12.4 Å². The lowest BCUT2D eigenvalue weighted by Gasteiger charge is -2.12. The first-order valence-corrected chi connectivity index (χ1v) is 6.40. The van der Waals surface area contributed by atoms with Gasteiger partial charge in [0.2, 0.25) is 0 Å². The average Bonchev–Trinajstić information content (AvgIpc) is 2.34. The van der Waals surface area contributed by atoms with Gasteiger partial charge in [-0.1, -0.05) is 32.6 Å². The Bertz CT molecular complexity index is 300. The van der Waals surface area contributed by atoms with Crippen molar-refractivity contribution < 1.29 is 4.74 Å². The highest BCUT2D eigenvalue weighted by molar-refractivity contribution is 5.22. The lowest BCUT2D eigenvalue weighted by Crippen LogP contribution is -2.09. The predicted octanol–water partition coefficient (Wildman–Crippen LogP) is 2.93. The third kappa shape index (κ3) is 6.22. The SMILES string of the molecule is CCCCCCC(C)OCc1cnc(N)cn1. The maximum absolute atomic E-state index is 5.70. The summed E-state index contributed by atoms with van der Waals surface area (Å²) in [6.45, 7) is 4.85. The molecule has 0 saturated carbocycles. The summed E-state index contributed by atoms with van der Waals surface area (Å²) >= 11 is 0. The van der Waals surface area contributed by atoms with Crippen LogP contribution in [0.25, 0.3) is 0 Å². The Morgan fingerprint density at radius 2 is 2.06 bits per heavy atom. The van der Waals surface area contributed by atoms with Crippen LogP contribution >= 0.6 is 0 Å². The quantitative estimate of drug-likeness (QED) is 0.706. The zero-order valence-corrected chi connectivity index (χ0v) is 10.9. The third-order valence-corrected chi connectivity index (χ3v) is 2.71. The molecule has 0 aliphatic carbocycles. The van der Waals surface area contributed by atoms with Crippen LogP contribution < -0.4 is 5.73 Å². The van der Waals surface area contributed by atoms with E-state index in [1.54, 1.807) is 12.4 Å². The van der Waals surface area contributed by atoms with Gasteiger partial charge in [0.15, 0.2) is 0 Å². The van der Waals surface area contributed by atoms with E-state index in [-0.39, 0.29) is 6.10 Å². The van der Waals surface area contributed by atoms with Crippen molar-refractivity contribution >= 4 is 5.82 Å². The molecule has 0 fully saturated rings. The van der Waals surface area contributed by atoms with Gasteiger partial charge < -0.3 is 10.5 Å². The minimum Gasteiger partial charge on any atom is -0.382 e. The fourth-order valence-corrected chi connectivity index (χ4v) is 1.61. The first-order valence-electron chi connectivity index (χ1n) is 6.40. The topological polar surface area (TPSA) is 61.0 Å². The Labute approximate surface area is 104 Å². The predicted molar refractivity (Wildman–Crippen MR) is 69.5 cm³/mol. The van der Waals surface area contributed by atoms with Crippen molar-refractivity contribution in [3.8, 4) is 0 Å². The van der Waals surface area contributed by atoms with E-state index >= 15 is 0 Å². The first kappa shape index (κ1) is 13.9. The van der Waals surface area contributed by atoms with Crippen LogP contribution in [0.2, 0.25) is 0 Å².